The van der Waals surface area contributed by atoms with E-state index in [0.717, 1.165) is 13.1 Å². The maximum absolute atomic E-state index is 4.75. The first-order chi connectivity index (χ1) is 8.26. The van der Waals surface area contributed by atoms with Crippen LogP contribution in [-0.2, 0) is 6.54 Å². The molecule has 1 saturated heterocycles. The third kappa shape index (κ3) is 2.80. The van der Waals surface area contributed by atoms with Crippen LogP contribution in [0, 0.1) is 6.92 Å². The predicted molar refractivity (Wildman–Crippen MR) is 74.9 cm³/mol. The van der Waals surface area contributed by atoms with E-state index in [1.165, 1.54) is 41.5 Å². The Morgan fingerprint density at radius 2 is 2.29 bits per heavy atom. The molecule has 17 heavy (non-hydrogen) atoms. The lowest BCUT2D eigenvalue weighted by Crippen LogP contribution is -2.28. The third-order valence-corrected chi connectivity index (χ3v) is 4.71. The van der Waals surface area contributed by atoms with Crippen molar-refractivity contribution in [3.05, 3.63) is 10.6 Å². The summed E-state index contributed by atoms with van der Waals surface area (Å²) in [6.45, 7) is 9.72. The number of thiazole rings is 1. The molecule has 0 bridgehead atoms. The van der Waals surface area contributed by atoms with Gasteiger partial charge in [0, 0.05) is 24.0 Å². The third-order valence-electron chi connectivity index (χ3n) is 3.51. The standard InChI is InChI=1S/C13H23N3S/c1-4-11-7-6-8-16(11)13-15-10(3)12(17-13)9-14-5-2/h11,14H,4-9H2,1-3H3. The Balaban J connectivity index is 2.10. The monoisotopic (exact) mass is 253 g/mol. The van der Waals surface area contributed by atoms with Crippen molar-refractivity contribution in [2.24, 2.45) is 0 Å². The van der Waals surface area contributed by atoms with E-state index in [2.05, 4.69) is 31.0 Å². The normalized spacial score (nSPS) is 20.2. The quantitative estimate of drug-likeness (QED) is 0.874. The SMILES string of the molecule is CCNCc1sc(N2CCCC2CC)nc1C. The van der Waals surface area contributed by atoms with Crippen LogP contribution in [0.5, 0.6) is 0 Å². The molecule has 1 aliphatic rings. The van der Waals surface area contributed by atoms with E-state index in [1.807, 2.05) is 11.3 Å². The topological polar surface area (TPSA) is 28.2 Å². The van der Waals surface area contributed by atoms with E-state index in [4.69, 9.17) is 4.98 Å². The minimum absolute atomic E-state index is 0.715. The fourth-order valence-corrected chi connectivity index (χ4v) is 3.58. The minimum Gasteiger partial charge on any atom is -0.345 e. The molecule has 2 heterocycles. The predicted octanol–water partition coefficient (Wildman–Crippen LogP) is 2.94. The van der Waals surface area contributed by atoms with Gasteiger partial charge in [0.1, 0.15) is 0 Å². The van der Waals surface area contributed by atoms with E-state index in [-0.39, 0.29) is 0 Å². The van der Waals surface area contributed by atoms with Gasteiger partial charge in [0.05, 0.1) is 5.69 Å². The van der Waals surface area contributed by atoms with Gasteiger partial charge >= 0.3 is 0 Å². The molecule has 0 aliphatic carbocycles. The van der Waals surface area contributed by atoms with Crippen LogP contribution in [0.1, 0.15) is 43.7 Å². The average Bonchev–Trinajstić information content (AvgIpc) is 2.92. The summed E-state index contributed by atoms with van der Waals surface area (Å²) >= 11 is 1.87. The molecule has 1 aliphatic heterocycles. The Morgan fingerprint density at radius 3 is 3.00 bits per heavy atom. The highest BCUT2D eigenvalue weighted by molar-refractivity contribution is 7.15. The van der Waals surface area contributed by atoms with Crippen molar-refractivity contribution in [2.75, 3.05) is 18.0 Å². The van der Waals surface area contributed by atoms with Gasteiger partial charge in [-0.1, -0.05) is 13.8 Å². The first-order valence-corrected chi connectivity index (χ1v) is 7.51. The summed E-state index contributed by atoms with van der Waals surface area (Å²) in [5.74, 6) is 0. The smallest absolute Gasteiger partial charge is 0.186 e. The number of aromatic nitrogens is 1. The first kappa shape index (κ1) is 12.8. The zero-order chi connectivity index (χ0) is 12.3. The number of anilines is 1. The van der Waals surface area contributed by atoms with E-state index >= 15 is 0 Å². The van der Waals surface area contributed by atoms with Crippen LogP contribution in [0.25, 0.3) is 0 Å². The van der Waals surface area contributed by atoms with Crippen LogP contribution in [0.3, 0.4) is 0 Å². The Labute approximate surface area is 108 Å². The van der Waals surface area contributed by atoms with Crippen molar-refractivity contribution in [2.45, 2.75) is 52.6 Å². The summed E-state index contributed by atoms with van der Waals surface area (Å²) in [6.07, 6.45) is 3.89. The maximum Gasteiger partial charge on any atom is 0.186 e. The summed E-state index contributed by atoms with van der Waals surface area (Å²) in [5.41, 5.74) is 1.20. The first-order valence-electron chi connectivity index (χ1n) is 6.69. The number of rotatable bonds is 5. The molecule has 0 spiro atoms. The van der Waals surface area contributed by atoms with Crippen molar-refractivity contribution in [3.8, 4) is 0 Å². The van der Waals surface area contributed by atoms with Gasteiger partial charge in [-0.3, -0.25) is 0 Å². The number of nitrogens with one attached hydrogen (secondary N) is 1. The number of hydrogen-bond acceptors (Lipinski definition) is 4. The van der Waals surface area contributed by atoms with Gasteiger partial charge < -0.3 is 10.2 Å². The lowest BCUT2D eigenvalue weighted by Gasteiger charge is -2.22. The number of nitrogens with zero attached hydrogens (tertiary/aromatic N) is 2. The van der Waals surface area contributed by atoms with E-state index in [1.54, 1.807) is 0 Å². The molecule has 3 nitrogen and oxygen atoms in total. The second-order valence-electron chi connectivity index (χ2n) is 4.68. The van der Waals surface area contributed by atoms with Gasteiger partial charge in [-0.25, -0.2) is 4.98 Å². The second kappa shape index (κ2) is 5.83. The molecule has 2 rings (SSSR count). The second-order valence-corrected chi connectivity index (χ2v) is 5.75. The molecule has 1 aromatic rings. The zero-order valence-corrected chi connectivity index (χ0v) is 11.9. The van der Waals surface area contributed by atoms with E-state index < -0.39 is 0 Å². The van der Waals surface area contributed by atoms with Gasteiger partial charge in [0.15, 0.2) is 5.13 Å². The van der Waals surface area contributed by atoms with Gasteiger partial charge in [-0.05, 0) is 32.7 Å². The lowest BCUT2D eigenvalue weighted by atomic mass is 10.2. The maximum atomic E-state index is 4.75. The van der Waals surface area contributed by atoms with Crippen molar-refractivity contribution >= 4 is 16.5 Å². The summed E-state index contributed by atoms with van der Waals surface area (Å²) in [5, 5.41) is 4.62. The zero-order valence-electron chi connectivity index (χ0n) is 11.1. The summed E-state index contributed by atoms with van der Waals surface area (Å²) < 4.78 is 0. The van der Waals surface area contributed by atoms with Gasteiger partial charge in [-0.2, -0.15) is 0 Å². The highest BCUT2D eigenvalue weighted by Crippen LogP contribution is 2.32. The molecule has 1 aromatic heterocycles. The van der Waals surface area contributed by atoms with Crippen LogP contribution in [0.4, 0.5) is 5.13 Å². The molecule has 1 N–H and O–H groups in total. The van der Waals surface area contributed by atoms with Crippen molar-refractivity contribution in [3.63, 3.8) is 0 Å². The molecule has 1 fully saturated rings. The number of aryl methyl sites for hydroxylation is 1. The molecular weight excluding hydrogens is 230 g/mol. The molecule has 96 valence electrons. The van der Waals surface area contributed by atoms with Crippen molar-refractivity contribution in [1.82, 2.24) is 10.3 Å². The average molecular weight is 253 g/mol. The van der Waals surface area contributed by atoms with Crippen LogP contribution < -0.4 is 10.2 Å². The molecule has 0 amide bonds. The Bertz CT molecular complexity index is 362. The highest BCUT2D eigenvalue weighted by atomic mass is 32.1. The fraction of sp³-hybridized carbons (Fsp3) is 0.769. The van der Waals surface area contributed by atoms with E-state index in [9.17, 15) is 0 Å². The molecule has 4 heteroatoms. The van der Waals surface area contributed by atoms with Crippen LogP contribution in [0.15, 0.2) is 0 Å². The van der Waals surface area contributed by atoms with Gasteiger partial charge in [0.25, 0.3) is 0 Å². The summed E-state index contributed by atoms with van der Waals surface area (Å²) in [4.78, 5) is 8.65. The largest absolute Gasteiger partial charge is 0.345 e. The lowest BCUT2D eigenvalue weighted by molar-refractivity contribution is 0.644. The van der Waals surface area contributed by atoms with Gasteiger partial charge in [0.2, 0.25) is 0 Å². The van der Waals surface area contributed by atoms with Crippen LogP contribution in [-0.4, -0.2) is 24.1 Å². The minimum atomic E-state index is 0.715. The Morgan fingerprint density at radius 1 is 1.47 bits per heavy atom. The summed E-state index contributed by atoms with van der Waals surface area (Å²) in [6, 6.07) is 0.715. The number of hydrogen-bond donors (Lipinski definition) is 1. The molecule has 0 aromatic carbocycles. The molecule has 0 saturated carbocycles. The summed E-state index contributed by atoms with van der Waals surface area (Å²) in [7, 11) is 0. The van der Waals surface area contributed by atoms with Crippen molar-refractivity contribution in [1.29, 1.82) is 0 Å². The molecule has 1 unspecified atom stereocenters. The van der Waals surface area contributed by atoms with Crippen LogP contribution >= 0.6 is 11.3 Å². The Kier molecular flexibility index (Phi) is 4.40. The van der Waals surface area contributed by atoms with Crippen molar-refractivity contribution < 1.29 is 0 Å². The Hall–Kier alpha value is -0.610. The fourth-order valence-electron chi connectivity index (χ4n) is 2.45. The molecule has 1 atom stereocenters. The highest BCUT2D eigenvalue weighted by Gasteiger charge is 2.25. The molecule has 0 radical (unpaired) electrons. The van der Waals surface area contributed by atoms with Gasteiger partial charge in [-0.15, -0.1) is 11.3 Å². The van der Waals surface area contributed by atoms with Crippen LogP contribution in [0.2, 0.25) is 0 Å². The van der Waals surface area contributed by atoms with E-state index in [0.29, 0.717) is 6.04 Å². The molecular formula is C13H23N3S.